The van der Waals surface area contributed by atoms with Gasteiger partial charge in [0, 0.05) is 19.5 Å². The number of rotatable bonds is 3. The molecular formula is C15H29ClN2O. The molecule has 0 atom stereocenters. The molecule has 0 bridgehead atoms. The molecule has 0 unspecified atom stereocenters. The Balaban J connectivity index is 0.00000180. The number of hydrogen-bond acceptors (Lipinski definition) is 2. The molecule has 0 aromatic rings. The quantitative estimate of drug-likeness (QED) is 0.810. The van der Waals surface area contributed by atoms with E-state index in [1.54, 1.807) is 0 Å². The van der Waals surface area contributed by atoms with E-state index in [0.717, 1.165) is 19.5 Å². The predicted molar refractivity (Wildman–Crippen MR) is 81.7 cm³/mol. The number of carbonyl (C=O) groups excluding carboxylic acids is 1. The monoisotopic (exact) mass is 288 g/mol. The average molecular weight is 289 g/mol. The SMILES string of the molecule is CN(C(=O)CC1CCNCC1)C1CCCCCC1.Cl. The molecular weight excluding hydrogens is 260 g/mol. The topological polar surface area (TPSA) is 32.3 Å². The molecule has 1 aliphatic heterocycles. The lowest BCUT2D eigenvalue weighted by Crippen LogP contribution is -2.39. The summed E-state index contributed by atoms with van der Waals surface area (Å²) in [5.41, 5.74) is 0. The van der Waals surface area contributed by atoms with Crippen LogP contribution in [0.2, 0.25) is 0 Å². The number of nitrogens with one attached hydrogen (secondary N) is 1. The highest BCUT2D eigenvalue weighted by Gasteiger charge is 2.24. The van der Waals surface area contributed by atoms with E-state index in [0.29, 0.717) is 17.9 Å². The number of nitrogens with zero attached hydrogens (tertiary/aromatic N) is 1. The second-order valence-corrected chi connectivity index (χ2v) is 6.05. The largest absolute Gasteiger partial charge is 0.343 e. The molecule has 4 heteroatoms. The van der Waals surface area contributed by atoms with Gasteiger partial charge in [-0.3, -0.25) is 4.79 Å². The molecule has 0 aromatic heterocycles. The third-order valence-electron chi connectivity index (χ3n) is 4.69. The zero-order chi connectivity index (χ0) is 12.8. The van der Waals surface area contributed by atoms with Gasteiger partial charge in [-0.05, 0) is 44.7 Å². The van der Waals surface area contributed by atoms with Crippen molar-refractivity contribution in [2.45, 2.75) is 63.8 Å². The van der Waals surface area contributed by atoms with E-state index in [1.807, 2.05) is 7.05 Å². The molecule has 2 fully saturated rings. The van der Waals surface area contributed by atoms with E-state index in [4.69, 9.17) is 0 Å². The third kappa shape index (κ3) is 5.31. The van der Waals surface area contributed by atoms with Crippen molar-refractivity contribution in [2.75, 3.05) is 20.1 Å². The van der Waals surface area contributed by atoms with Gasteiger partial charge in [0.25, 0.3) is 0 Å². The van der Waals surface area contributed by atoms with Crippen molar-refractivity contribution >= 4 is 18.3 Å². The molecule has 1 heterocycles. The fourth-order valence-corrected chi connectivity index (χ4v) is 3.33. The Bertz CT molecular complexity index is 259. The first-order valence-corrected chi connectivity index (χ1v) is 7.74. The van der Waals surface area contributed by atoms with Gasteiger partial charge >= 0.3 is 0 Å². The summed E-state index contributed by atoms with van der Waals surface area (Å²) in [6.07, 6.45) is 10.9. The summed E-state index contributed by atoms with van der Waals surface area (Å²) < 4.78 is 0. The van der Waals surface area contributed by atoms with Crippen LogP contribution in [-0.4, -0.2) is 37.0 Å². The fourth-order valence-electron chi connectivity index (χ4n) is 3.33. The van der Waals surface area contributed by atoms with Gasteiger partial charge in [0.1, 0.15) is 0 Å². The van der Waals surface area contributed by atoms with Gasteiger partial charge in [-0.25, -0.2) is 0 Å². The van der Waals surface area contributed by atoms with Crippen molar-refractivity contribution in [3.8, 4) is 0 Å². The molecule has 3 nitrogen and oxygen atoms in total. The van der Waals surface area contributed by atoms with Crippen molar-refractivity contribution in [2.24, 2.45) is 5.92 Å². The van der Waals surface area contributed by atoms with Crippen LogP contribution in [0.1, 0.15) is 57.8 Å². The Morgan fingerprint density at radius 3 is 2.21 bits per heavy atom. The van der Waals surface area contributed by atoms with Gasteiger partial charge in [0.05, 0.1) is 0 Å². The predicted octanol–water partition coefficient (Wildman–Crippen LogP) is 2.98. The Labute approximate surface area is 123 Å². The summed E-state index contributed by atoms with van der Waals surface area (Å²) in [4.78, 5) is 14.4. The Kier molecular flexibility index (Phi) is 7.77. The Morgan fingerprint density at radius 2 is 1.63 bits per heavy atom. The molecule has 19 heavy (non-hydrogen) atoms. The van der Waals surface area contributed by atoms with Crippen LogP contribution in [0.3, 0.4) is 0 Å². The van der Waals surface area contributed by atoms with Crippen LogP contribution in [0.15, 0.2) is 0 Å². The molecule has 112 valence electrons. The van der Waals surface area contributed by atoms with Gasteiger partial charge in [0.2, 0.25) is 5.91 Å². The zero-order valence-corrected chi connectivity index (χ0v) is 13.0. The maximum absolute atomic E-state index is 12.3. The number of piperidine rings is 1. The summed E-state index contributed by atoms with van der Waals surface area (Å²) >= 11 is 0. The Morgan fingerprint density at radius 1 is 1.05 bits per heavy atom. The molecule has 1 saturated carbocycles. The van der Waals surface area contributed by atoms with Crippen LogP contribution in [0, 0.1) is 5.92 Å². The van der Waals surface area contributed by atoms with E-state index < -0.39 is 0 Å². The normalized spacial score (nSPS) is 22.4. The van der Waals surface area contributed by atoms with Crippen LogP contribution in [0.25, 0.3) is 0 Å². The molecule has 0 spiro atoms. The minimum atomic E-state index is 0. The highest BCUT2D eigenvalue weighted by molar-refractivity contribution is 5.85. The van der Waals surface area contributed by atoms with Crippen LogP contribution in [-0.2, 0) is 4.79 Å². The first-order valence-electron chi connectivity index (χ1n) is 7.74. The van der Waals surface area contributed by atoms with Gasteiger partial charge in [-0.2, -0.15) is 0 Å². The third-order valence-corrected chi connectivity index (χ3v) is 4.69. The van der Waals surface area contributed by atoms with Crippen molar-refractivity contribution < 1.29 is 4.79 Å². The van der Waals surface area contributed by atoms with Gasteiger partial charge < -0.3 is 10.2 Å². The van der Waals surface area contributed by atoms with Gasteiger partial charge in [-0.1, -0.05) is 25.7 Å². The number of hydrogen-bond donors (Lipinski definition) is 1. The molecule has 0 radical (unpaired) electrons. The number of carbonyl (C=O) groups is 1. The molecule has 1 aliphatic carbocycles. The zero-order valence-electron chi connectivity index (χ0n) is 12.2. The van der Waals surface area contributed by atoms with Crippen LogP contribution >= 0.6 is 12.4 Å². The maximum Gasteiger partial charge on any atom is 0.222 e. The minimum Gasteiger partial charge on any atom is -0.343 e. The maximum atomic E-state index is 12.3. The highest BCUT2D eigenvalue weighted by atomic mass is 35.5. The van der Waals surface area contributed by atoms with Crippen molar-refractivity contribution in [1.82, 2.24) is 10.2 Å². The first kappa shape index (κ1) is 16.8. The second-order valence-electron chi connectivity index (χ2n) is 6.05. The lowest BCUT2D eigenvalue weighted by Gasteiger charge is -2.30. The summed E-state index contributed by atoms with van der Waals surface area (Å²) in [5, 5.41) is 3.36. The first-order chi connectivity index (χ1) is 8.77. The van der Waals surface area contributed by atoms with Crippen LogP contribution < -0.4 is 5.32 Å². The number of halogens is 1. The lowest BCUT2D eigenvalue weighted by atomic mass is 9.93. The van der Waals surface area contributed by atoms with Gasteiger partial charge in [0.15, 0.2) is 0 Å². The Hall–Kier alpha value is -0.280. The van der Waals surface area contributed by atoms with E-state index >= 15 is 0 Å². The molecule has 1 amide bonds. The standard InChI is InChI=1S/C15H28N2O.ClH/c1-17(14-6-4-2-3-5-7-14)15(18)12-13-8-10-16-11-9-13;/h13-14,16H,2-12H2,1H3;1H. The molecule has 2 rings (SSSR count). The minimum absolute atomic E-state index is 0. The van der Waals surface area contributed by atoms with E-state index in [2.05, 4.69) is 10.2 Å². The van der Waals surface area contributed by atoms with Crippen molar-refractivity contribution in [3.05, 3.63) is 0 Å². The summed E-state index contributed by atoms with van der Waals surface area (Å²) in [5.74, 6) is 1.00. The van der Waals surface area contributed by atoms with Crippen molar-refractivity contribution in [1.29, 1.82) is 0 Å². The van der Waals surface area contributed by atoms with Crippen LogP contribution in [0.4, 0.5) is 0 Å². The summed E-state index contributed by atoms with van der Waals surface area (Å²) in [6.45, 7) is 2.18. The fraction of sp³-hybridized carbons (Fsp3) is 0.933. The van der Waals surface area contributed by atoms with Crippen LogP contribution in [0.5, 0.6) is 0 Å². The molecule has 1 saturated heterocycles. The second kappa shape index (κ2) is 8.80. The van der Waals surface area contributed by atoms with Crippen molar-refractivity contribution in [3.63, 3.8) is 0 Å². The van der Waals surface area contributed by atoms with Gasteiger partial charge in [-0.15, -0.1) is 12.4 Å². The smallest absolute Gasteiger partial charge is 0.222 e. The number of amides is 1. The van der Waals surface area contributed by atoms with E-state index in [9.17, 15) is 4.79 Å². The highest BCUT2D eigenvalue weighted by Crippen LogP contribution is 2.23. The summed E-state index contributed by atoms with van der Waals surface area (Å²) in [6, 6.07) is 0.515. The van der Waals surface area contributed by atoms with E-state index in [-0.39, 0.29) is 12.4 Å². The molecule has 0 aromatic carbocycles. The lowest BCUT2D eigenvalue weighted by molar-refractivity contribution is -0.133. The average Bonchev–Trinajstić information content (AvgIpc) is 2.68. The van der Waals surface area contributed by atoms with E-state index in [1.165, 1.54) is 51.4 Å². The molecule has 2 aliphatic rings. The molecule has 1 N–H and O–H groups in total. The summed E-state index contributed by atoms with van der Waals surface area (Å²) in [7, 11) is 2.03.